The van der Waals surface area contributed by atoms with E-state index in [1.165, 1.54) is 12.1 Å². The summed E-state index contributed by atoms with van der Waals surface area (Å²) in [4.78, 5) is 12.2. The van der Waals surface area contributed by atoms with Crippen LogP contribution in [0.5, 0.6) is 0 Å². The fraction of sp³-hybridized carbons (Fsp3) is 0.381. The third-order valence-corrected chi connectivity index (χ3v) is 5.29. The first-order valence-corrected chi connectivity index (χ1v) is 8.91. The molecule has 26 heavy (non-hydrogen) atoms. The number of Topliss-reactive ketones (excluding diaryl/α,β-unsaturated/α-hetero) is 1. The number of ketones is 1. The van der Waals surface area contributed by atoms with Gasteiger partial charge in [-0.1, -0.05) is 36.4 Å². The molecule has 0 aliphatic carbocycles. The van der Waals surface area contributed by atoms with E-state index in [0.29, 0.717) is 18.4 Å². The first-order valence-electron chi connectivity index (χ1n) is 8.91. The Kier molecular flexibility index (Phi) is 5.04. The summed E-state index contributed by atoms with van der Waals surface area (Å²) in [5.41, 5.74) is 1.69. The quantitative estimate of drug-likeness (QED) is 0.603. The lowest BCUT2D eigenvalue weighted by Crippen LogP contribution is -2.41. The van der Waals surface area contributed by atoms with Gasteiger partial charge in [0.25, 0.3) is 0 Å². The Morgan fingerprint density at radius 2 is 1.62 bits per heavy atom. The maximum absolute atomic E-state index is 13.2. The minimum Gasteiger partial charge on any atom is -0.399 e. The minimum atomic E-state index is -0.386. The van der Waals surface area contributed by atoms with Gasteiger partial charge in [0.2, 0.25) is 0 Å². The number of hydrogen-bond acceptors (Lipinski definition) is 3. The summed E-state index contributed by atoms with van der Waals surface area (Å²) in [5.74, 6) is -0.442. The molecule has 136 valence electrons. The number of carbonyl (C=O) groups is 1. The van der Waals surface area contributed by atoms with Crippen molar-refractivity contribution in [2.45, 2.75) is 51.7 Å². The summed E-state index contributed by atoms with van der Waals surface area (Å²) in [6.45, 7) is 8.11. The Hall–Kier alpha value is -1.98. The highest BCUT2D eigenvalue weighted by atomic mass is 19.1. The van der Waals surface area contributed by atoms with Gasteiger partial charge < -0.3 is 9.31 Å². The van der Waals surface area contributed by atoms with Gasteiger partial charge >= 0.3 is 7.12 Å². The average molecular weight is 354 g/mol. The van der Waals surface area contributed by atoms with Crippen molar-refractivity contribution >= 4 is 18.4 Å². The van der Waals surface area contributed by atoms with Crippen LogP contribution in [0.2, 0.25) is 0 Å². The van der Waals surface area contributed by atoms with Crippen LogP contribution in [0.1, 0.15) is 50.0 Å². The van der Waals surface area contributed by atoms with Gasteiger partial charge in [0.1, 0.15) is 5.82 Å². The Morgan fingerprint density at radius 1 is 1.00 bits per heavy atom. The summed E-state index contributed by atoms with van der Waals surface area (Å²) in [5, 5.41) is 0. The van der Waals surface area contributed by atoms with Crippen molar-refractivity contribution < 1.29 is 18.5 Å². The van der Waals surface area contributed by atoms with E-state index in [0.717, 1.165) is 11.0 Å². The molecule has 0 N–H and O–H groups in total. The zero-order valence-electron chi connectivity index (χ0n) is 15.7. The second-order valence-electron chi connectivity index (χ2n) is 7.76. The molecular weight excluding hydrogens is 330 g/mol. The Morgan fingerprint density at radius 3 is 2.19 bits per heavy atom. The van der Waals surface area contributed by atoms with Gasteiger partial charge in [-0.15, -0.1) is 0 Å². The van der Waals surface area contributed by atoms with E-state index in [-0.39, 0.29) is 29.9 Å². The third kappa shape index (κ3) is 3.89. The third-order valence-electron chi connectivity index (χ3n) is 5.29. The second kappa shape index (κ2) is 6.97. The molecule has 5 heteroatoms. The van der Waals surface area contributed by atoms with Crippen LogP contribution in [0.15, 0.2) is 48.5 Å². The SMILES string of the molecule is CC1(C)OB(c2ccc(CCC(=O)c3cccc(F)c3)cc2)OC1(C)C. The van der Waals surface area contributed by atoms with Crippen LogP contribution in [0.3, 0.4) is 0 Å². The summed E-state index contributed by atoms with van der Waals surface area (Å²) < 4.78 is 25.3. The second-order valence-corrected chi connectivity index (χ2v) is 7.76. The summed E-state index contributed by atoms with van der Waals surface area (Å²) in [6, 6.07) is 13.7. The lowest BCUT2D eigenvalue weighted by molar-refractivity contribution is 0.00578. The van der Waals surface area contributed by atoms with E-state index in [1.807, 2.05) is 52.0 Å². The molecule has 0 atom stereocenters. The van der Waals surface area contributed by atoms with Gasteiger partial charge in [-0.2, -0.15) is 0 Å². The average Bonchev–Trinajstić information content (AvgIpc) is 2.81. The predicted molar refractivity (Wildman–Crippen MR) is 101 cm³/mol. The number of halogens is 1. The molecule has 3 rings (SSSR count). The van der Waals surface area contributed by atoms with Crippen molar-refractivity contribution in [2.75, 3.05) is 0 Å². The van der Waals surface area contributed by atoms with Crippen LogP contribution in [0.4, 0.5) is 4.39 Å². The van der Waals surface area contributed by atoms with Crippen molar-refractivity contribution in [3.8, 4) is 0 Å². The van der Waals surface area contributed by atoms with Crippen molar-refractivity contribution in [2.24, 2.45) is 0 Å². The molecule has 0 bridgehead atoms. The van der Waals surface area contributed by atoms with E-state index in [4.69, 9.17) is 9.31 Å². The van der Waals surface area contributed by atoms with Crippen LogP contribution in [0, 0.1) is 5.82 Å². The zero-order chi connectivity index (χ0) is 18.9. The first kappa shape index (κ1) is 18.8. The highest BCUT2D eigenvalue weighted by Crippen LogP contribution is 2.36. The Balaban J connectivity index is 1.61. The normalized spacial score (nSPS) is 18.1. The van der Waals surface area contributed by atoms with Crippen molar-refractivity contribution in [3.05, 3.63) is 65.5 Å². The fourth-order valence-corrected chi connectivity index (χ4v) is 2.88. The lowest BCUT2D eigenvalue weighted by Gasteiger charge is -2.32. The van der Waals surface area contributed by atoms with Crippen LogP contribution in [0.25, 0.3) is 0 Å². The smallest absolute Gasteiger partial charge is 0.399 e. The molecule has 2 aromatic rings. The number of rotatable bonds is 5. The summed E-state index contributed by atoms with van der Waals surface area (Å²) in [7, 11) is -0.386. The monoisotopic (exact) mass is 354 g/mol. The van der Waals surface area contributed by atoms with Crippen LogP contribution >= 0.6 is 0 Å². The molecule has 0 radical (unpaired) electrons. The highest BCUT2D eigenvalue weighted by Gasteiger charge is 2.51. The van der Waals surface area contributed by atoms with Crippen molar-refractivity contribution in [3.63, 3.8) is 0 Å². The van der Waals surface area contributed by atoms with Gasteiger partial charge in [0, 0.05) is 12.0 Å². The molecule has 0 spiro atoms. The van der Waals surface area contributed by atoms with Gasteiger partial charge in [-0.05, 0) is 57.3 Å². The molecule has 1 aliphatic rings. The Bertz CT molecular complexity index is 783. The molecule has 1 fully saturated rings. The molecule has 0 unspecified atom stereocenters. The first-order chi connectivity index (χ1) is 12.2. The minimum absolute atomic E-state index is 0.0560. The number of aryl methyl sites for hydroxylation is 1. The van der Waals surface area contributed by atoms with Crippen LogP contribution < -0.4 is 5.46 Å². The molecular formula is C21H24BFO3. The predicted octanol–water partition coefficient (Wildman–Crippen LogP) is 3.94. The molecule has 0 amide bonds. The maximum Gasteiger partial charge on any atom is 0.494 e. The largest absolute Gasteiger partial charge is 0.494 e. The van der Waals surface area contributed by atoms with E-state index < -0.39 is 0 Å². The molecule has 1 heterocycles. The van der Waals surface area contributed by atoms with Crippen LogP contribution in [-0.2, 0) is 15.7 Å². The molecule has 3 nitrogen and oxygen atoms in total. The Labute approximate surface area is 154 Å². The molecule has 1 saturated heterocycles. The topological polar surface area (TPSA) is 35.5 Å². The number of carbonyl (C=O) groups excluding carboxylic acids is 1. The van der Waals surface area contributed by atoms with E-state index >= 15 is 0 Å². The highest BCUT2D eigenvalue weighted by molar-refractivity contribution is 6.62. The fourth-order valence-electron chi connectivity index (χ4n) is 2.88. The van der Waals surface area contributed by atoms with E-state index in [9.17, 15) is 9.18 Å². The van der Waals surface area contributed by atoms with Crippen LogP contribution in [-0.4, -0.2) is 24.1 Å². The van der Waals surface area contributed by atoms with Gasteiger partial charge in [0.05, 0.1) is 11.2 Å². The maximum atomic E-state index is 13.2. The van der Waals surface area contributed by atoms with Gasteiger partial charge in [-0.3, -0.25) is 4.79 Å². The van der Waals surface area contributed by atoms with Crippen molar-refractivity contribution in [1.82, 2.24) is 0 Å². The number of hydrogen-bond donors (Lipinski definition) is 0. The molecule has 0 saturated carbocycles. The van der Waals surface area contributed by atoms with Gasteiger partial charge in [0.15, 0.2) is 5.78 Å². The lowest BCUT2D eigenvalue weighted by atomic mass is 9.78. The molecule has 2 aromatic carbocycles. The standard InChI is InChI=1S/C21H24BFO3/c1-20(2)21(3,4)26-22(25-20)17-11-8-15(9-12-17)10-13-19(24)16-6-5-7-18(23)14-16/h5-9,11-12,14H,10,13H2,1-4H3. The summed E-state index contributed by atoms with van der Waals surface area (Å²) in [6.07, 6.45) is 0.957. The molecule has 0 aromatic heterocycles. The summed E-state index contributed by atoms with van der Waals surface area (Å²) >= 11 is 0. The zero-order valence-corrected chi connectivity index (χ0v) is 15.7. The van der Waals surface area contributed by atoms with Crippen molar-refractivity contribution in [1.29, 1.82) is 0 Å². The van der Waals surface area contributed by atoms with Gasteiger partial charge in [-0.25, -0.2) is 4.39 Å². The molecule has 1 aliphatic heterocycles. The van der Waals surface area contributed by atoms with E-state index in [1.54, 1.807) is 12.1 Å². The number of benzene rings is 2. The van der Waals surface area contributed by atoms with E-state index in [2.05, 4.69) is 0 Å².